The number of likely N-dealkylation sites (N-methyl/N-ethyl adjacent to an activating group) is 1. The van der Waals surface area contributed by atoms with Crippen molar-refractivity contribution >= 4 is 35.8 Å². The average molecular weight is 474 g/mol. The maximum Gasteiger partial charge on any atom is 0.191 e. The Hall–Kier alpha value is -1.09. The van der Waals surface area contributed by atoms with Crippen LogP contribution in [0.25, 0.3) is 0 Å². The lowest BCUT2D eigenvalue weighted by atomic mass is 10.2. The third kappa shape index (κ3) is 7.26. The molecular weight excluding hydrogens is 439 g/mol. The number of hydrogen-bond acceptors (Lipinski definition) is 4. The number of piperazine rings is 1. The molecule has 6 nitrogen and oxygen atoms in total. The lowest BCUT2D eigenvalue weighted by molar-refractivity contribution is 0.270. The van der Waals surface area contributed by atoms with Crippen molar-refractivity contribution in [2.75, 3.05) is 44.2 Å². The lowest BCUT2D eigenvalue weighted by Crippen LogP contribution is -2.46. The number of anilines is 1. The molecule has 0 saturated carbocycles. The van der Waals surface area contributed by atoms with E-state index in [2.05, 4.69) is 65.2 Å². The summed E-state index contributed by atoms with van der Waals surface area (Å²) in [5.41, 5.74) is 1.20. The van der Waals surface area contributed by atoms with Crippen LogP contribution in [0, 0.1) is 0 Å². The minimum absolute atomic E-state index is 0. The molecular formula is C19H35IN6. The lowest BCUT2D eigenvalue weighted by Gasteiger charge is -2.34. The molecule has 1 saturated heterocycles. The van der Waals surface area contributed by atoms with Crippen molar-refractivity contribution in [2.45, 2.75) is 46.7 Å². The Bertz CT molecular complexity index is 543. The molecule has 7 heteroatoms. The minimum atomic E-state index is 0. The van der Waals surface area contributed by atoms with E-state index >= 15 is 0 Å². The van der Waals surface area contributed by atoms with Crippen molar-refractivity contribution in [3.63, 3.8) is 0 Å². The van der Waals surface area contributed by atoms with E-state index in [9.17, 15) is 0 Å². The molecule has 0 radical (unpaired) electrons. The number of nitrogens with zero attached hydrogens (tertiary/aromatic N) is 4. The van der Waals surface area contributed by atoms with Crippen LogP contribution in [-0.4, -0.2) is 61.2 Å². The summed E-state index contributed by atoms with van der Waals surface area (Å²) in [6, 6.07) is 4.65. The monoisotopic (exact) mass is 474 g/mol. The number of hydrogen-bond donors (Lipinski definition) is 2. The van der Waals surface area contributed by atoms with Crippen LogP contribution < -0.4 is 15.5 Å². The zero-order chi connectivity index (χ0) is 18.1. The molecule has 0 aliphatic carbocycles. The van der Waals surface area contributed by atoms with Gasteiger partial charge in [0, 0.05) is 45.0 Å². The van der Waals surface area contributed by atoms with Gasteiger partial charge in [-0.15, -0.1) is 24.0 Å². The number of aliphatic imine (C=N–C) groups is 1. The molecule has 0 spiro atoms. The third-order valence-corrected chi connectivity index (χ3v) is 4.71. The van der Waals surface area contributed by atoms with E-state index in [0.717, 1.165) is 57.5 Å². The van der Waals surface area contributed by atoms with E-state index in [-0.39, 0.29) is 24.0 Å². The number of aromatic nitrogens is 1. The van der Waals surface area contributed by atoms with Crippen molar-refractivity contribution in [1.82, 2.24) is 20.5 Å². The second-order valence-corrected chi connectivity index (χ2v) is 6.59. The first kappa shape index (κ1) is 23.0. The molecule has 1 atom stereocenters. The first-order valence-electron chi connectivity index (χ1n) is 9.63. The van der Waals surface area contributed by atoms with Crippen LogP contribution in [0.5, 0.6) is 0 Å². The van der Waals surface area contributed by atoms with E-state index in [1.54, 1.807) is 0 Å². The van der Waals surface area contributed by atoms with E-state index < -0.39 is 0 Å². The number of guanidine groups is 1. The fourth-order valence-corrected chi connectivity index (χ4v) is 2.85. The molecule has 2 N–H and O–H groups in total. The van der Waals surface area contributed by atoms with Crippen LogP contribution in [-0.2, 0) is 6.54 Å². The first-order valence-corrected chi connectivity index (χ1v) is 9.63. The van der Waals surface area contributed by atoms with E-state index in [1.807, 2.05) is 6.20 Å². The summed E-state index contributed by atoms with van der Waals surface area (Å²) < 4.78 is 0. The highest BCUT2D eigenvalue weighted by molar-refractivity contribution is 14.0. The molecule has 2 rings (SSSR count). The van der Waals surface area contributed by atoms with Gasteiger partial charge in [0.2, 0.25) is 0 Å². The van der Waals surface area contributed by atoms with Gasteiger partial charge in [-0.3, -0.25) is 0 Å². The highest BCUT2D eigenvalue weighted by atomic mass is 127. The Kier molecular flexibility index (Phi) is 10.9. The smallest absolute Gasteiger partial charge is 0.191 e. The predicted molar refractivity (Wildman–Crippen MR) is 122 cm³/mol. The van der Waals surface area contributed by atoms with Gasteiger partial charge in [-0.05, 0) is 44.5 Å². The second kappa shape index (κ2) is 12.3. The normalized spacial score (nSPS) is 16.8. The fraction of sp³-hybridized carbons (Fsp3) is 0.684. The van der Waals surface area contributed by atoms with Gasteiger partial charge >= 0.3 is 0 Å². The van der Waals surface area contributed by atoms with Crippen LogP contribution in [0.2, 0.25) is 0 Å². The summed E-state index contributed by atoms with van der Waals surface area (Å²) in [5, 5.41) is 6.75. The maximum absolute atomic E-state index is 4.72. The topological polar surface area (TPSA) is 55.8 Å². The number of pyridine rings is 1. The Labute approximate surface area is 175 Å². The summed E-state index contributed by atoms with van der Waals surface area (Å²) in [6.45, 7) is 15.7. The van der Waals surface area contributed by atoms with Crippen LogP contribution in [0.3, 0.4) is 0 Å². The summed E-state index contributed by atoms with van der Waals surface area (Å²) in [6.07, 6.45) is 2.98. The Morgan fingerprint density at radius 2 is 1.96 bits per heavy atom. The van der Waals surface area contributed by atoms with E-state index in [0.29, 0.717) is 12.6 Å². The number of rotatable bonds is 7. The Balaban J connectivity index is 0.00000338. The van der Waals surface area contributed by atoms with E-state index in [4.69, 9.17) is 4.99 Å². The van der Waals surface area contributed by atoms with Crippen molar-refractivity contribution in [1.29, 1.82) is 0 Å². The van der Waals surface area contributed by atoms with Crippen molar-refractivity contribution in [2.24, 2.45) is 4.99 Å². The molecule has 0 bridgehead atoms. The van der Waals surface area contributed by atoms with Gasteiger partial charge in [0.15, 0.2) is 5.96 Å². The molecule has 1 aromatic heterocycles. The molecule has 26 heavy (non-hydrogen) atoms. The molecule has 1 aliphatic heterocycles. The molecule has 1 fully saturated rings. The third-order valence-electron chi connectivity index (χ3n) is 4.71. The summed E-state index contributed by atoms with van der Waals surface area (Å²) in [7, 11) is 0. The van der Waals surface area contributed by atoms with Gasteiger partial charge in [-0.2, -0.15) is 0 Å². The van der Waals surface area contributed by atoms with Crippen LogP contribution in [0.1, 0.15) is 39.7 Å². The number of halogens is 1. The summed E-state index contributed by atoms with van der Waals surface area (Å²) in [5.74, 6) is 1.95. The molecule has 1 unspecified atom stereocenters. The quantitative estimate of drug-likeness (QED) is 0.362. The zero-order valence-corrected chi connectivity index (χ0v) is 19.0. The van der Waals surface area contributed by atoms with Gasteiger partial charge in [-0.25, -0.2) is 9.98 Å². The second-order valence-electron chi connectivity index (χ2n) is 6.59. The Morgan fingerprint density at radius 1 is 1.23 bits per heavy atom. The minimum Gasteiger partial charge on any atom is -0.357 e. The van der Waals surface area contributed by atoms with Gasteiger partial charge < -0.3 is 20.4 Å². The van der Waals surface area contributed by atoms with Gasteiger partial charge in [0.1, 0.15) is 5.82 Å². The molecule has 2 heterocycles. The highest BCUT2D eigenvalue weighted by Crippen LogP contribution is 2.15. The SMILES string of the molecule is CCNC(=NCc1ccnc(N2CCN(CC)CC2)c1)NC(C)CC.I. The van der Waals surface area contributed by atoms with Gasteiger partial charge in [0.25, 0.3) is 0 Å². The Morgan fingerprint density at radius 3 is 2.58 bits per heavy atom. The number of nitrogens with one attached hydrogen (secondary N) is 2. The average Bonchev–Trinajstić information content (AvgIpc) is 2.66. The van der Waals surface area contributed by atoms with E-state index in [1.165, 1.54) is 5.56 Å². The van der Waals surface area contributed by atoms with Crippen LogP contribution in [0.15, 0.2) is 23.3 Å². The van der Waals surface area contributed by atoms with Crippen molar-refractivity contribution in [3.8, 4) is 0 Å². The van der Waals surface area contributed by atoms with Crippen LogP contribution >= 0.6 is 24.0 Å². The largest absolute Gasteiger partial charge is 0.357 e. The molecule has 148 valence electrons. The standard InChI is InChI=1S/C19H34N6.HI/c1-5-16(4)23-19(20-6-2)22-15-17-8-9-21-18(14-17)25-12-10-24(7-3)11-13-25;/h8-9,14,16H,5-7,10-13,15H2,1-4H3,(H2,20,22,23);1H. The van der Waals surface area contributed by atoms with Crippen LogP contribution in [0.4, 0.5) is 5.82 Å². The zero-order valence-electron chi connectivity index (χ0n) is 16.7. The molecule has 1 aromatic rings. The fourth-order valence-electron chi connectivity index (χ4n) is 2.85. The molecule has 1 aliphatic rings. The predicted octanol–water partition coefficient (Wildman–Crippen LogP) is 2.70. The first-order chi connectivity index (χ1) is 12.2. The van der Waals surface area contributed by atoms with Crippen molar-refractivity contribution in [3.05, 3.63) is 23.9 Å². The summed E-state index contributed by atoms with van der Waals surface area (Å²) >= 11 is 0. The van der Waals surface area contributed by atoms with Crippen molar-refractivity contribution < 1.29 is 0 Å². The summed E-state index contributed by atoms with van der Waals surface area (Å²) in [4.78, 5) is 14.1. The van der Waals surface area contributed by atoms with Gasteiger partial charge in [-0.1, -0.05) is 13.8 Å². The van der Waals surface area contributed by atoms with Gasteiger partial charge in [0.05, 0.1) is 6.54 Å². The molecule has 0 amide bonds. The molecule has 0 aromatic carbocycles. The highest BCUT2D eigenvalue weighted by Gasteiger charge is 2.16. The maximum atomic E-state index is 4.72.